The second kappa shape index (κ2) is 6.56. The fraction of sp³-hybridized carbons (Fsp3) is 0.562. The third-order valence-corrected chi connectivity index (χ3v) is 4.50. The summed E-state index contributed by atoms with van der Waals surface area (Å²) in [6.45, 7) is 2.69. The van der Waals surface area contributed by atoms with E-state index in [4.69, 9.17) is 0 Å². The van der Waals surface area contributed by atoms with Gasteiger partial charge in [0.25, 0.3) is 0 Å². The predicted octanol–water partition coefficient (Wildman–Crippen LogP) is 4.67. The molecule has 0 unspecified atom stereocenters. The van der Waals surface area contributed by atoms with E-state index in [2.05, 4.69) is 33.9 Å². The van der Waals surface area contributed by atoms with Crippen LogP contribution in [0, 0.1) is 5.92 Å². The Kier molecular flexibility index (Phi) is 5.03. The van der Waals surface area contributed by atoms with E-state index >= 15 is 0 Å². The quantitative estimate of drug-likeness (QED) is 0.750. The molecule has 2 nitrogen and oxygen atoms in total. The number of rotatable bonds is 4. The van der Waals surface area contributed by atoms with Gasteiger partial charge in [-0.25, -0.2) is 0 Å². The van der Waals surface area contributed by atoms with Gasteiger partial charge in [0, 0.05) is 29.3 Å². The molecule has 1 aliphatic carbocycles. The van der Waals surface area contributed by atoms with Gasteiger partial charge >= 0.3 is 0 Å². The number of anilines is 1. The highest BCUT2D eigenvalue weighted by Crippen LogP contribution is 2.29. The lowest BCUT2D eigenvalue weighted by molar-refractivity contribution is 0.101. The van der Waals surface area contributed by atoms with Gasteiger partial charge in [0.1, 0.15) is 0 Å². The van der Waals surface area contributed by atoms with E-state index in [0.29, 0.717) is 0 Å². The van der Waals surface area contributed by atoms with Crippen molar-refractivity contribution in [1.82, 2.24) is 0 Å². The van der Waals surface area contributed by atoms with E-state index in [1.54, 1.807) is 6.92 Å². The Morgan fingerprint density at radius 3 is 2.63 bits per heavy atom. The van der Waals surface area contributed by atoms with Gasteiger partial charge in [-0.15, -0.1) is 0 Å². The molecule has 0 N–H and O–H groups in total. The standard InChI is InChI=1S/C16H22BrNO/c1-12(19)15-9-8-14(17)10-16(15)18(2)11-13-6-4-3-5-7-13/h8-10,13H,3-7,11H2,1-2H3. The maximum Gasteiger partial charge on any atom is 0.161 e. The van der Waals surface area contributed by atoms with E-state index in [0.717, 1.165) is 28.2 Å². The molecular formula is C16H22BrNO. The van der Waals surface area contributed by atoms with Gasteiger partial charge in [0.2, 0.25) is 0 Å². The van der Waals surface area contributed by atoms with Crippen molar-refractivity contribution >= 4 is 27.4 Å². The first kappa shape index (κ1) is 14.6. The van der Waals surface area contributed by atoms with Crippen LogP contribution in [0.3, 0.4) is 0 Å². The summed E-state index contributed by atoms with van der Waals surface area (Å²) in [4.78, 5) is 14.0. The van der Waals surface area contributed by atoms with Gasteiger partial charge in [0.05, 0.1) is 0 Å². The molecule has 0 atom stereocenters. The lowest BCUT2D eigenvalue weighted by Crippen LogP contribution is -2.28. The van der Waals surface area contributed by atoms with Crippen molar-refractivity contribution < 1.29 is 4.79 Å². The Morgan fingerprint density at radius 2 is 2.00 bits per heavy atom. The number of carbonyl (C=O) groups is 1. The van der Waals surface area contributed by atoms with Crippen LogP contribution in [-0.2, 0) is 0 Å². The molecule has 1 aliphatic rings. The molecule has 0 amide bonds. The zero-order valence-corrected chi connectivity index (χ0v) is 13.4. The summed E-state index contributed by atoms with van der Waals surface area (Å²) >= 11 is 3.50. The zero-order chi connectivity index (χ0) is 13.8. The van der Waals surface area contributed by atoms with Crippen LogP contribution < -0.4 is 4.90 Å². The Morgan fingerprint density at radius 1 is 1.32 bits per heavy atom. The van der Waals surface area contributed by atoms with Crippen LogP contribution in [0.1, 0.15) is 49.4 Å². The summed E-state index contributed by atoms with van der Waals surface area (Å²) in [7, 11) is 2.10. The molecule has 2 rings (SSSR count). The fourth-order valence-electron chi connectivity index (χ4n) is 2.97. The monoisotopic (exact) mass is 323 g/mol. The van der Waals surface area contributed by atoms with Crippen molar-refractivity contribution in [2.45, 2.75) is 39.0 Å². The highest BCUT2D eigenvalue weighted by molar-refractivity contribution is 9.10. The lowest BCUT2D eigenvalue weighted by Gasteiger charge is -2.29. The molecule has 1 aromatic carbocycles. The summed E-state index contributed by atoms with van der Waals surface area (Å²) in [6.07, 6.45) is 6.75. The van der Waals surface area contributed by atoms with E-state index in [1.165, 1.54) is 32.1 Å². The van der Waals surface area contributed by atoms with E-state index in [9.17, 15) is 4.79 Å². The molecule has 19 heavy (non-hydrogen) atoms. The fourth-order valence-corrected chi connectivity index (χ4v) is 3.32. The Labute approximate surface area is 124 Å². The lowest BCUT2D eigenvalue weighted by atomic mass is 9.89. The molecule has 3 heteroatoms. The molecule has 0 radical (unpaired) electrons. The van der Waals surface area contributed by atoms with E-state index in [-0.39, 0.29) is 5.78 Å². The van der Waals surface area contributed by atoms with E-state index in [1.807, 2.05) is 12.1 Å². The van der Waals surface area contributed by atoms with Crippen LogP contribution in [0.5, 0.6) is 0 Å². The maximum atomic E-state index is 11.7. The summed E-state index contributed by atoms with van der Waals surface area (Å²) in [5.74, 6) is 0.913. The normalized spacial score (nSPS) is 16.4. The van der Waals surface area contributed by atoms with Gasteiger partial charge in [-0.3, -0.25) is 4.79 Å². The molecule has 1 aromatic rings. The van der Waals surface area contributed by atoms with Crippen molar-refractivity contribution in [3.8, 4) is 0 Å². The molecule has 0 aliphatic heterocycles. The minimum absolute atomic E-state index is 0.137. The maximum absolute atomic E-state index is 11.7. The van der Waals surface area contributed by atoms with Crippen LogP contribution in [0.25, 0.3) is 0 Å². The number of hydrogen-bond acceptors (Lipinski definition) is 2. The third kappa shape index (κ3) is 3.82. The summed E-state index contributed by atoms with van der Waals surface area (Å²) in [5, 5.41) is 0. The molecule has 104 valence electrons. The summed E-state index contributed by atoms with van der Waals surface area (Å²) < 4.78 is 1.03. The van der Waals surface area contributed by atoms with Gasteiger partial charge < -0.3 is 4.90 Å². The summed E-state index contributed by atoms with van der Waals surface area (Å²) in [5.41, 5.74) is 1.87. The van der Waals surface area contributed by atoms with Crippen molar-refractivity contribution in [2.24, 2.45) is 5.92 Å². The van der Waals surface area contributed by atoms with Gasteiger partial charge in [0.15, 0.2) is 5.78 Å². The van der Waals surface area contributed by atoms with Gasteiger partial charge in [-0.2, -0.15) is 0 Å². The van der Waals surface area contributed by atoms with Crippen LogP contribution >= 0.6 is 15.9 Å². The van der Waals surface area contributed by atoms with Crippen molar-refractivity contribution in [1.29, 1.82) is 0 Å². The number of halogens is 1. The Hall–Kier alpha value is -0.830. The average molecular weight is 324 g/mol. The number of benzene rings is 1. The average Bonchev–Trinajstić information content (AvgIpc) is 2.39. The number of hydrogen-bond donors (Lipinski definition) is 0. The van der Waals surface area contributed by atoms with Crippen LogP contribution in [0.15, 0.2) is 22.7 Å². The molecule has 1 fully saturated rings. The van der Waals surface area contributed by atoms with E-state index < -0.39 is 0 Å². The Balaban J connectivity index is 2.14. The molecule has 0 heterocycles. The number of Topliss-reactive ketones (excluding diaryl/α,β-unsaturated/α-hetero) is 1. The molecule has 0 bridgehead atoms. The van der Waals surface area contributed by atoms with Crippen LogP contribution in [0.2, 0.25) is 0 Å². The largest absolute Gasteiger partial charge is 0.374 e. The second-order valence-corrected chi connectivity index (χ2v) is 6.52. The number of ketones is 1. The predicted molar refractivity (Wildman–Crippen MR) is 84.0 cm³/mol. The van der Waals surface area contributed by atoms with Crippen LogP contribution in [-0.4, -0.2) is 19.4 Å². The molecule has 0 aromatic heterocycles. The first-order valence-electron chi connectivity index (χ1n) is 7.09. The SMILES string of the molecule is CC(=O)c1ccc(Br)cc1N(C)CC1CCCCC1. The zero-order valence-electron chi connectivity index (χ0n) is 11.8. The van der Waals surface area contributed by atoms with Gasteiger partial charge in [-0.1, -0.05) is 35.2 Å². The van der Waals surface area contributed by atoms with Crippen LogP contribution in [0.4, 0.5) is 5.69 Å². The topological polar surface area (TPSA) is 20.3 Å². The van der Waals surface area contributed by atoms with Gasteiger partial charge in [-0.05, 0) is 43.9 Å². The minimum atomic E-state index is 0.137. The Bertz CT molecular complexity index is 452. The highest BCUT2D eigenvalue weighted by Gasteiger charge is 2.18. The highest BCUT2D eigenvalue weighted by atomic mass is 79.9. The molecular weight excluding hydrogens is 302 g/mol. The third-order valence-electron chi connectivity index (χ3n) is 4.01. The first-order valence-corrected chi connectivity index (χ1v) is 7.89. The molecule has 0 saturated heterocycles. The second-order valence-electron chi connectivity index (χ2n) is 5.60. The molecule has 1 saturated carbocycles. The first-order chi connectivity index (χ1) is 9.08. The number of nitrogens with zero attached hydrogens (tertiary/aromatic N) is 1. The number of carbonyl (C=O) groups excluding carboxylic acids is 1. The smallest absolute Gasteiger partial charge is 0.161 e. The minimum Gasteiger partial charge on any atom is -0.374 e. The van der Waals surface area contributed by atoms with Crippen molar-refractivity contribution in [3.05, 3.63) is 28.2 Å². The molecule has 0 spiro atoms. The summed E-state index contributed by atoms with van der Waals surface area (Å²) in [6, 6.07) is 5.91. The van der Waals surface area contributed by atoms with Crippen molar-refractivity contribution in [3.63, 3.8) is 0 Å². The van der Waals surface area contributed by atoms with Crippen molar-refractivity contribution in [2.75, 3.05) is 18.5 Å².